The predicted molar refractivity (Wildman–Crippen MR) is 174 cm³/mol. The van der Waals surface area contributed by atoms with Crippen molar-refractivity contribution in [1.82, 2.24) is 25.2 Å². The molecule has 1 aliphatic heterocycles. The first-order chi connectivity index (χ1) is 23.7. The SMILES string of the molecule is COc1ccc2cc1Oc1cccc(OC)c1CNC(=O)[C@@H](C(C)C)NC(=O)CN(S(=O)(=O)c1cccnc1C(F)(F)F)CCCCNC2=O. The highest BCUT2D eigenvalue weighted by Gasteiger charge is 2.41. The quantitative estimate of drug-likeness (QED) is 0.355. The molecule has 3 N–H and O–H groups in total. The summed E-state index contributed by atoms with van der Waals surface area (Å²) >= 11 is 0. The Morgan fingerprint density at radius 1 is 0.960 bits per heavy atom. The molecule has 50 heavy (non-hydrogen) atoms. The Hall–Kier alpha value is -4.90. The third kappa shape index (κ3) is 9.01. The summed E-state index contributed by atoms with van der Waals surface area (Å²) in [6, 6.07) is 10.1. The Balaban J connectivity index is 1.73. The van der Waals surface area contributed by atoms with E-state index < -0.39 is 63.0 Å². The molecule has 0 unspecified atom stereocenters. The minimum atomic E-state index is -5.10. The highest BCUT2D eigenvalue weighted by atomic mass is 32.2. The van der Waals surface area contributed by atoms with Crippen LogP contribution < -0.4 is 30.2 Å². The minimum Gasteiger partial charge on any atom is -0.496 e. The number of carbonyl (C=O) groups excluding carboxylic acids is 3. The van der Waals surface area contributed by atoms with Gasteiger partial charge in [0, 0.05) is 24.8 Å². The molecule has 2 heterocycles. The number of benzene rings is 2. The van der Waals surface area contributed by atoms with Crippen LogP contribution in [0.3, 0.4) is 0 Å². The molecule has 1 aromatic heterocycles. The van der Waals surface area contributed by atoms with Crippen molar-refractivity contribution in [3.8, 4) is 23.0 Å². The number of alkyl halides is 3. The summed E-state index contributed by atoms with van der Waals surface area (Å²) < 4.78 is 86.5. The summed E-state index contributed by atoms with van der Waals surface area (Å²) in [4.78, 5) is 42.0. The number of amides is 3. The molecule has 0 aliphatic carbocycles. The standard InChI is InChI=1S/C33H38F3N5O8S/c1-20(2)29-32(44)39-18-22-23(47-3)9-7-10-24(22)49-26-17-21(12-13-25(26)48-4)31(43)38-14-5-6-16-41(19-28(42)40-29)50(45,46)27-11-8-15-37-30(27)33(34,35)36/h7-13,15,17,20,29H,5-6,14,16,18-19H2,1-4H3,(H,38,43)(H,39,44)(H,40,42)/t29-/m1/s1. The zero-order valence-corrected chi connectivity index (χ0v) is 28.6. The molecule has 2 aromatic carbocycles. The van der Waals surface area contributed by atoms with E-state index in [9.17, 15) is 36.0 Å². The molecule has 0 spiro atoms. The summed E-state index contributed by atoms with van der Waals surface area (Å²) in [6.45, 7) is 1.98. The van der Waals surface area contributed by atoms with Crippen molar-refractivity contribution in [2.75, 3.05) is 33.9 Å². The van der Waals surface area contributed by atoms with Gasteiger partial charge >= 0.3 is 6.18 Å². The van der Waals surface area contributed by atoms with Crippen LogP contribution in [0.2, 0.25) is 0 Å². The number of halogens is 3. The van der Waals surface area contributed by atoms with Crippen molar-refractivity contribution in [1.29, 1.82) is 0 Å². The summed E-state index contributed by atoms with van der Waals surface area (Å²) in [5.74, 6) is -1.39. The zero-order valence-electron chi connectivity index (χ0n) is 27.8. The van der Waals surface area contributed by atoms with E-state index in [1.54, 1.807) is 38.1 Å². The van der Waals surface area contributed by atoms with Gasteiger partial charge in [-0.3, -0.25) is 19.4 Å². The molecule has 13 nitrogen and oxygen atoms in total. The van der Waals surface area contributed by atoms with Crippen LogP contribution in [0.4, 0.5) is 13.2 Å². The summed E-state index contributed by atoms with van der Waals surface area (Å²) in [5, 5.41) is 8.01. The molecule has 4 rings (SSSR count). The average molecular weight is 722 g/mol. The molecule has 3 aromatic rings. The second-order valence-corrected chi connectivity index (χ2v) is 13.5. The van der Waals surface area contributed by atoms with E-state index in [2.05, 4.69) is 20.9 Å². The fourth-order valence-corrected chi connectivity index (χ4v) is 6.77. The summed E-state index contributed by atoms with van der Waals surface area (Å²) in [7, 11) is -2.07. The van der Waals surface area contributed by atoms with E-state index >= 15 is 0 Å². The average Bonchev–Trinajstić information content (AvgIpc) is 3.08. The largest absolute Gasteiger partial charge is 0.496 e. The first-order valence-electron chi connectivity index (χ1n) is 15.6. The third-order valence-corrected chi connectivity index (χ3v) is 9.63. The summed E-state index contributed by atoms with van der Waals surface area (Å²) in [5.41, 5.74) is -1.00. The van der Waals surface area contributed by atoms with E-state index in [4.69, 9.17) is 14.2 Å². The molecule has 270 valence electrons. The maximum atomic E-state index is 13.8. The van der Waals surface area contributed by atoms with E-state index in [0.717, 1.165) is 18.3 Å². The number of nitrogens with one attached hydrogen (secondary N) is 3. The third-order valence-electron chi connectivity index (χ3n) is 7.76. The smallest absolute Gasteiger partial charge is 0.434 e. The molecule has 1 atom stereocenters. The van der Waals surface area contributed by atoms with Crippen molar-refractivity contribution < 1.29 is 50.2 Å². The van der Waals surface area contributed by atoms with Gasteiger partial charge in [0.05, 0.1) is 32.9 Å². The highest BCUT2D eigenvalue weighted by molar-refractivity contribution is 7.89. The normalized spacial score (nSPS) is 17.4. The predicted octanol–water partition coefficient (Wildman–Crippen LogP) is 3.88. The lowest BCUT2D eigenvalue weighted by Crippen LogP contribution is -2.52. The van der Waals surface area contributed by atoms with Crippen LogP contribution in [0.25, 0.3) is 0 Å². The van der Waals surface area contributed by atoms with Gasteiger partial charge in [-0.1, -0.05) is 19.9 Å². The number of methoxy groups -OCH3 is 2. The van der Waals surface area contributed by atoms with Gasteiger partial charge in [-0.05, 0) is 61.2 Å². The van der Waals surface area contributed by atoms with Crippen LogP contribution in [-0.2, 0) is 32.3 Å². The van der Waals surface area contributed by atoms with Crippen LogP contribution in [-0.4, -0.2) is 75.3 Å². The molecule has 2 bridgehead atoms. The number of sulfonamides is 1. The van der Waals surface area contributed by atoms with Crippen molar-refractivity contribution in [3.63, 3.8) is 0 Å². The monoisotopic (exact) mass is 721 g/mol. The lowest BCUT2D eigenvalue weighted by molar-refractivity contribution is -0.143. The number of hydrogen-bond donors (Lipinski definition) is 3. The van der Waals surface area contributed by atoms with Gasteiger partial charge in [-0.25, -0.2) is 8.42 Å². The molecule has 3 amide bonds. The zero-order chi connectivity index (χ0) is 36.6. The number of rotatable bonds is 5. The number of aromatic nitrogens is 1. The van der Waals surface area contributed by atoms with Gasteiger partial charge in [0.15, 0.2) is 17.2 Å². The van der Waals surface area contributed by atoms with Crippen LogP contribution >= 0.6 is 0 Å². The second kappa shape index (κ2) is 16.2. The Morgan fingerprint density at radius 3 is 2.38 bits per heavy atom. The van der Waals surface area contributed by atoms with Gasteiger partial charge < -0.3 is 30.2 Å². The Morgan fingerprint density at radius 2 is 1.70 bits per heavy atom. The van der Waals surface area contributed by atoms with E-state index in [1.165, 1.54) is 26.4 Å². The number of pyridine rings is 1. The Kier molecular flexibility index (Phi) is 12.3. The lowest BCUT2D eigenvalue weighted by Gasteiger charge is -2.26. The van der Waals surface area contributed by atoms with E-state index in [-0.39, 0.29) is 49.5 Å². The van der Waals surface area contributed by atoms with Gasteiger partial charge in [0.2, 0.25) is 21.8 Å². The molecule has 0 saturated carbocycles. The fourth-order valence-electron chi connectivity index (χ4n) is 5.17. The van der Waals surface area contributed by atoms with Gasteiger partial charge in [0.1, 0.15) is 22.4 Å². The molecular formula is C33H38F3N5O8S. The second-order valence-electron chi connectivity index (χ2n) is 11.6. The molecule has 0 radical (unpaired) electrons. The van der Waals surface area contributed by atoms with Gasteiger partial charge in [-0.15, -0.1) is 0 Å². The van der Waals surface area contributed by atoms with E-state index in [0.29, 0.717) is 21.4 Å². The van der Waals surface area contributed by atoms with Crippen molar-refractivity contribution in [2.45, 2.75) is 50.3 Å². The minimum absolute atomic E-state index is 0.0537. The molecule has 17 heteroatoms. The van der Waals surface area contributed by atoms with Crippen molar-refractivity contribution in [3.05, 3.63) is 71.5 Å². The fraction of sp³-hybridized carbons (Fsp3) is 0.394. The maximum absolute atomic E-state index is 13.8. The number of carbonyl (C=O) groups is 3. The van der Waals surface area contributed by atoms with Gasteiger partial charge in [-0.2, -0.15) is 17.5 Å². The van der Waals surface area contributed by atoms with E-state index in [1.807, 2.05) is 0 Å². The van der Waals surface area contributed by atoms with Crippen molar-refractivity contribution >= 4 is 27.7 Å². The molecular weight excluding hydrogens is 683 g/mol. The summed E-state index contributed by atoms with van der Waals surface area (Å²) in [6.07, 6.45) is -4.03. The first-order valence-corrected chi connectivity index (χ1v) is 17.0. The number of fused-ring (bicyclic) bond motifs is 3. The Labute approximate surface area is 287 Å². The first kappa shape index (κ1) is 37.9. The number of hydrogen-bond acceptors (Lipinski definition) is 9. The number of ether oxygens (including phenoxy) is 3. The van der Waals surface area contributed by atoms with Crippen LogP contribution in [0.5, 0.6) is 23.0 Å². The lowest BCUT2D eigenvalue weighted by atomic mass is 10.0. The number of nitrogens with zero attached hydrogens (tertiary/aromatic N) is 2. The Bertz CT molecular complexity index is 1820. The molecule has 0 fully saturated rings. The van der Waals surface area contributed by atoms with Crippen LogP contribution in [0, 0.1) is 5.92 Å². The van der Waals surface area contributed by atoms with Gasteiger partial charge in [0.25, 0.3) is 5.91 Å². The molecule has 0 saturated heterocycles. The van der Waals surface area contributed by atoms with Crippen LogP contribution in [0.1, 0.15) is 48.3 Å². The highest BCUT2D eigenvalue weighted by Crippen LogP contribution is 2.37. The van der Waals surface area contributed by atoms with Crippen LogP contribution in [0.15, 0.2) is 59.6 Å². The maximum Gasteiger partial charge on any atom is 0.434 e. The van der Waals surface area contributed by atoms with Crippen molar-refractivity contribution in [2.24, 2.45) is 5.92 Å². The molecule has 1 aliphatic rings. The topological polar surface area (TPSA) is 165 Å².